The van der Waals surface area contributed by atoms with Crippen molar-refractivity contribution >= 4 is 5.96 Å². The van der Waals surface area contributed by atoms with Crippen LogP contribution in [0.25, 0.3) is 0 Å². The Morgan fingerprint density at radius 1 is 0.958 bits per heavy atom. The first-order valence-electron chi connectivity index (χ1n) is 9.10. The van der Waals surface area contributed by atoms with E-state index < -0.39 is 0 Å². The average molecular weight is 333 g/mol. The van der Waals surface area contributed by atoms with Crippen LogP contribution in [0, 0.1) is 0 Å². The molecule has 0 saturated carbocycles. The molecular formula is C19H31N3O2. The molecule has 1 aliphatic rings. The standard InChI is InChI=1S/C19H31N3O2/c20-19(22-12-6-1-2-7-13-22)21-11-8-14-23-15-16-24-17-18-9-4-3-5-10-18/h3-5,9-10H,1-2,6-8,11-17H2,(H2,20,21). The van der Waals surface area contributed by atoms with Crippen LogP contribution in [0.2, 0.25) is 0 Å². The largest absolute Gasteiger partial charge is 0.379 e. The number of aliphatic imine (C=N–C) groups is 1. The first kappa shape index (κ1) is 18.7. The summed E-state index contributed by atoms with van der Waals surface area (Å²) in [4.78, 5) is 6.69. The van der Waals surface area contributed by atoms with Crippen molar-refractivity contribution in [3.8, 4) is 0 Å². The van der Waals surface area contributed by atoms with Crippen molar-refractivity contribution in [2.45, 2.75) is 38.7 Å². The third-order valence-corrected chi connectivity index (χ3v) is 4.13. The van der Waals surface area contributed by atoms with E-state index in [4.69, 9.17) is 15.2 Å². The fourth-order valence-electron chi connectivity index (χ4n) is 2.74. The van der Waals surface area contributed by atoms with Crippen molar-refractivity contribution in [1.29, 1.82) is 0 Å². The summed E-state index contributed by atoms with van der Waals surface area (Å²) in [5, 5.41) is 0. The first-order chi connectivity index (χ1) is 11.9. The van der Waals surface area contributed by atoms with E-state index >= 15 is 0 Å². The monoisotopic (exact) mass is 333 g/mol. The summed E-state index contributed by atoms with van der Waals surface area (Å²) in [6.45, 7) is 5.40. The fraction of sp³-hybridized carbons (Fsp3) is 0.632. The van der Waals surface area contributed by atoms with Crippen LogP contribution in [0.15, 0.2) is 35.3 Å². The lowest BCUT2D eigenvalue weighted by atomic mass is 10.2. The predicted octanol–water partition coefficient (Wildman–Crippen LogP) is 2.80. The molecule has 134 valence electrons. The normalized spacial score (nSPS) is 16.2. The van der Waals surface area contributed by atoms with Crippen molar-refractivity contribution in [3.05, 3.63) is 35.9 Å². The smallest absolute Gasteiger partial charge is 0.191 e. The van der Waals surface area contributed by atoms with Gasteiger partial charge in [0, 0.05) is 26.2 Å². The molecule has 0 atom stereocenters. The van der Waals surface area contributed by atoms with E-state index in [1.165, 1.54) is 31.2 Å². The van der Waals surface area contributed by atoms with Crippen LogP contribution < -0.4 is 5.73 Å². The van der Waals surface area contributed by atoms with Gasteiger partial charge in [-0.2, -0.15) is 0 Å². The number of nitrogens with two attached hydrogens (primary N) is 1. The zero-order chi connectivity index (χ0) is 16.9. The van der Waals surface area contributed by atoms with Crippen molar-refractivity contribution in [2.75, 3.05) is 39.5 Å². The van der Waals surface area contributed by atoms with Crippen LogP contribution >= 0.6 is 0 Å². The Bertz CT molecular complexity index is 457. The van der Waals surface area contributed by atoms with Crippen LogP contribution in [-0.2, 0) is 16.1 Å². The van der Waals surface area contributed by atoms with Gasteiger partial charge in [0.1, 0.15) is 0 Å². The Balaban J connectivity index is 1.45. The van der Waals surface area contributed by atoms with Crippen molar-refractivity contribution in [1.82, 2.24) is 4.90 Å². The van der Waals surface area contributed by atoms with E-state index in [0.29, 0.717) is 32.4 Å². The average Bonchev–Trinajstić information content (AvgIpc) is 2.90. The van der Waals surface area contributed by atoms with Crippen LogP contribution in [0.5, 0.6) is 0 Å². The van der Waals surface area contributed by atoms with Gasteiger partial charge < -0.3 is 20.1 Å². The number of hydrogen-bond acceptors (Lipinski definition) is 3. The quantitative estimate of drug-likeness (QED) is 0.429. The summed E-state index contributed by atoms with van der Waals surface area (Å²) in [7, 11) is 0. The molecule has 1 heterocycles. The number of nitrogens with zero attached hydrogens (tertiary/aromatic N) is 2. The molecule has 2 rings (SSSR count). The van der Waals surface area contributed by atoms with E-state index in [0.717, 1.165) is 26.1 Å². The summed E-state index contributed by atoms with van der Waals surface area (Å²) < 4.78 is 11.1. The van der Waals surface area contributed by atoms with E-state index in [2.05, 4.69) is 22.0 Å². The molecule has 0 aromatic heterocycles. The molecule has 1 saturated heterocycles. The molecule has 1 aromatic carbocycles. The SMILES string of the molecule is NC(=NCCCOCCOCc1ccccc1)N1CCCCCC1. The lowest BCUT2D eigenvalue weighted by Gasteiger charge is -2.21. The van der Waals surface area contributed by atoms with Gasteiger partial charge in [-0.3, -0.25) is 4.99 Å². The van der Waals surface area contributed by atoms with Gasteiger partial charge in [-0.1, -0.05) is 43.2 Å². The highest BCUT2D eigenvalue weighted by Gasteiger charge is 2.10. The fourth-order valence-corrected chi connectivity index (χ4v) is 2.74. The Kier molecular flexibility index (Phi) is 9.27. The van der Waals surface area contributed by atoms with Gasteiger partial charge in [-0.25, -0.2) is 0 Å². The number of likely N-dealkylation sites (tertiary alicyclic amines) is 1. The maximum atomic E-state index is 6.07. The summed E-state index contributed by atoms with van der Waals surface area (Å²) in [6.07, 6.45) is 5.96. The lowest BCUT2D eigenvalue weighted by Crippen LogP contribution is -2.38. The Morgan fingerprint density at radius 3 is 2.42 bits per heavy atom. The molecule has 0 unspecified atom stereocenters. The zero-order valence-electron chi connectivity index (χ0n) is 14.7. The molecule has 1 aliphatic heterocycles. The molecule has 0 spiro atoms. The summed E-state index contributed by atoms with van der Waals surface area (Å²) in [5.41, 5.74) is 7.26. The van der Waals surface area contributed by atoms with Gasteiger partial charge >= 0.3 is 0 Å². The molecular weight excluding hydrogens is 302 g/mol. The molecule has 0 aliphatic carbocycles. The van der Waals surface area contributed by atoms with E-state index in [9.17, 15) is 0 Å². The summed E-state index contributed by atoms with van der Waals surface area (Å²) in [5.74, 6) is 0.697. The van der Waals surface area contributed by atoms with Crippen molar-refractivity contribution in [3.63, 3.8) is 0 Å². The summed E-state index contributed by atoms with van der Waals surface area (Å²) >= 11 is 0. The predicted molar refractivity (Wildman–Crippen MR) is 98.1 cm³/mol. The highest BCUT2D eigenvalue weighted by molar-refractivity contribution is 5.78. The van der Waals surface area contributed by atoms with E-state index in [1.807, 2.05) is 18.2 Å². The second-order valence-corrected chi connectivity index (χ2v) is 6.15. The second kappa shape index (κ2) is 11.9. The molecule has 0 amide bonds. The van der Waals surface area contributed by atoms with Crippen LogP contribution in [0.3, 0.4) is 0 Å². The molecule has 24 heavy (non-hydrogen) atoms. The van der Waals surface area contributed by atoms with Gasteiger partial charge in [0.15, 0.2) is 5.96 Å². The zero-order valence-corrected chi connectivity index (χ0v) is 14.7. The molecule has 2 N–H and O–H groups in total. The molecule has 1 aromatic rings. The molecule has 0 radical (unpaired) electrons. The molecule has 5 nitrogen and oxygen atoms in total. The van der Waals surface area contributed by atoms with Gasteiger partial charge in [0.25, 0.3) is 0 Å². The number of guanidine groups is 1. The third kappa shape index (κ3) is 7.79. The lowest BCUT2D eigenvalue weighted by molar-refractivity contribution is 0.0403. The van der Waals surface area contributed by atoms with Crippen molar-refractivity contribution < 1.29 is 9.47 Å². The number of ether oxygens (including phenoxy) is 2. The van der Waals surface area contributed by atoms with Gasteiger partial charge in [0.05, 0.1) is 19.8 Å². The number of benzene rings is 1. The van der Waals surface area contributed by atoms with Gasteiger partial charge in [-0.15, -0.1) is 0 Å². The second-order valence-electron chi connectivity index (χ2n) is 6.15. The van der Waals surface area contributed by atoms with Gasteiger partial charge in [0.2, 0.25) is 0 Å². The van der Waals surface area contributed by atoms with Gasteiger partial charge in [-0.05, 0) is 24.8 Å². The van der Waals surface area contributed by atoms with E-state index in [1.54, 1.807) is 0 Å². The van der Waals surface area contributed by atoms with E-state index in [-0.39, 0.29) is 0 Å². The number of rotatable bonds is 9. The third-order valence-electron chi connectivity index (χ3n) is 4.13. The van der Waals surface area contributed by atoms with Crippen LogP contribution in [0.4, 0.5) is 0 Å². The molecule has 0 bridgehead atoms. The Morgan fingerprint density at radius 2 is 1.67 bits per heavy atom. The molecule has 5 heteroatoms. The minimum Gasteiger partial charge on any atom is -0.379 e. The summed E-state index contributed by atoms with van der Waals surface area (Å²) in [6, 6.07) is 10.2. The maximum Gasteiger partial charge on any atom is 0.191 e. The topological polar surface area (TPSA) is 60.1 Å². The number of hydrogen-bond donors (Lipinski definition) is 1. The molecule has 1 fully saturated rings. The minimum absolute atomic E-state index is 0.619. The maximum absolute atomic E-state index is 6.07. The Labute approximate surface area is 145 Å². The minimum atomic E-state index is 0.619. The van der Waals surface area contributed by atoms with Crippen LogP contribution in [-0.4, -0.2) is 50.3 Å². The highest BCUT2D eigenvalue weighted by Crippen LogP contribution is 2.09. The first-order valence-corrected chi connectivity index (χ1v) is 9.10. The van der Waals surface area contributed by atoms with Crippen LogP contribution in [0.1, 0.15) is 37.7 Å². The van der Waals surface area contributed by atoms with Crippen molar-refractivity contribution in [2.24, 2.45) is 10.7 Å². The highest BCUT2D eigenvalue weighted by atomic mass is 16.5. The Hall–Kier alpha value is -1.59.